The molecule has 0 heterocycles. The van der Waals surface area contributed by atoms with E-state index in [9.17, 15) is 4.79 Å². The zero-order valence-electron chi connectivity index (χ0n) is 4.37. The number of rotatable bonds is 3. The average molecular weight is 132 g/mol. The third kappa shape index (κ3) is 5.49. The molecule has 0 fully saturated rings. The first-order valence-electron chi connectivity index (χ1n) is 2.21. The first-order valence-corrected chi connectivity index (χ1v) is 2.65. The van der Waals surface area contributed by atoms with Crippen molar-refractivity contribution in [2.75, 3.05) is 0 Å². The highest BCUT2D eigenvalue weighted by molar-refractivity contribution is 7.96. The van der Waals surface area contributed by atoms with Crippen LogP contribution in [0.3, 0.4) is 0 Å². The zero-order valence-corrected chi connectivity index (χ0v) is 5.27. The van der Waals surface area contributed by atoms with Gasteiger partial charge in [0.2, 0.25) is 0 Å². The smallest absolute Gasteiger partial charge is 0.186 e. The highest BCUT2D eigenvalue weighted by Crippen LogP contribution is 1.89. The maximum atomic E-state index is 10.1. The second-order valence-electron chi connectivity index (χ2n) is 1.26. The first-order chi connectivity index (χ1) is 3.77. The minimum absolute atomic E-state index is 0.134. The van der Waals surface area contributed by atoms with Gasteiger partial charge < -0.3 is 5.84 Å². The predicted octanol–water partition coefficient (Wildman–Crippen LogP) is 0.168. The van der Waals surface area contributed by atoms with E-state index in [-0.39, 0.29) is 5.12 Å². The summed E-state index contributed by atoms with van der Waals surface area (Å²) in [6.45, 7) is 0. The summed E-state index contributed by atoms with van der Waals surface area (Å²) in [5.74, 6) is 4.75. The van der Waals surface area contributed by atoms with E-state index in [0.717, 1.165) is 0 Å². The second-order valence-corrected chi connectivity index (χ2v) is 1.76. The average Bonchev–Trinajstić information content (AvgIpc) is 1.66. The van der Waals surface area contributed by atoms with Gasteiger partial charge in [0.1, 0.15) is 0 Å². The zero-order chi connectivity index (χ0) is 6.41. The van der Waals surface area contributed by atoms with E-state index in [1.54, 1.807) is 0 Å². The summed E-state index contributed by atoms with van der Waals surface area (Å²) in [6.07, 6.45) is 2.47. The molecule has 0 atom stereocenters. The van der Waals surface area contributed by atoms with Gasteiger partial charge in [0.25, 0.3) is 0 Å². The lowest BCUT2D eigenvalue weighted by Gasteiger charge is -1.82. The molecule has 0 aliphatic rings. The van der Waals surface area contributed by atoms with Crippen LogP contribution in [0.15, 0.2) is 5.10 Å². The molecule has 3 nitrogen and oxygen atoms in total. The number of hydrogen-bond donors (Lipinski definition) is 2. The third-order valence-corrected chi connectivity index (χ3v) is 0.816. The highest BCUT2D eigenvalue weighted by Gasteiger charge is 1.88. The van der Waals surface area contributed by atoms with Crippen molar-refractivity contribution < 1.29 is 4.79 Å². The predicted molar refractivity (Wildman–Crippen MR) is 35.9 cm³/mol. The molecule has 46 valence electrons. The van der Waals surface area contributed by atoms with Crippen LogP contribution in [0.1, 0.15) is 12.8 Å². The minimum Gasteiger partial charge on any atom is -0.324 e. The van der Waals surface area contributed by atoms with E-state index in [1.165, 1.54) is 6.21 Å². The van der Waals surface area contributed by atoms with Gasteiger partial charge in [-0.3, -0.25) is 4.79 Å². The van der Waals surface area contributed by atoms with Gasteiger partial charge in [-0.1, -0.05) is 0 Å². The second kappa shape index (κ2) is 4.64. The van der Waals surface area contributed by atoms with Crippen LogP contribution in [-0.2, 0) is 4.79 Å². The van der Waals surface area contributed by atoms with Crippen LogP contribution in [0.4, 0.5) is 0 Å². The Morgan fingerprint density at radius 1 is 1.88 bits per heavy atom. The summed E-state index contributed by atoms with van der Waals surface area (Å²) in [5.41, 5.74) is 0. The summed E-state index contributed by atoms with van der Waals surface area (Å²) >= 11 is 3.53. The molecule has 0 aliphatic heterocycles. The summed E-state index contributed by atoms with van der Waals surface area (Å²) < 4.78 is 0. The quantitative estimate of drug-likeness (QED) is 0.249. The number of carbonyl (C=O) groups excluding carboxylic acids is 1. The lowest BCUT2D eigenvalue weighted by atomic mass is 10.4. The Kier molecular flexibility index (Phi) is 4.35. The number of hydrogen-bond acceptors (Lipinski definition) is 3. The SMILES string of the molecule is NN=CCCC(=O)S. The van der Waals surface area contributed by atoms with E-state index < -0.39 is 0 Å². The summed E-state index contributed by atoms with van der Waals surface area (Å²) in [5, 5.41) is 3.06. The van der Waals surface area contributed by atoms with Crippen molar-refractivity contribution in [1.82, 2.24) is 0 Å². The van der Waals surface area contributed by atoms with Crippen molar-refractivity contribution in [3.63, 3.8) is 0 Å². The molecule has 0 spiro atoms. The molecular formula is C4H8N2OS. The fraction of sp³-hybridized carbons (Fsp3) is 0.500. The molecule has 0 rings (SSSR count). The van der Waals surface area contributed by atoms with E-state index >= 15 is 0 Å². The lowest BCUT2D eigenvalue weighted by Crippen LogP contribution is -1.88. The Morgan fingerprint density at radius 2 is 2.50 bits per heavy atom. The lowest BCUT2D eigenvalue weighted by molar-refractivity contribution is -0.110. The van der Waals surface area contributed by atoms with Gasteiger partial charge in [-0.25, -0.2) is 0 Å². The van der Waals surface area contributed by atoms with E-state index in [4.69, 9.17) is 5.84 Å². The van der Waals surface area contributed by atoms with E-state index in [2.05, 4.69) is 17.7 Å². The van der Waals surface area contributed by atoms with Gasteiger partial charge in [0.05, 0.1) is 0 Å². The van der Waals surface area contributed by atoms with Gasteiger partial charge in [-0.2, -0.15) is 5.10 Å². The van der Waals surface area contributed by atoms with Crippen LogP contribution in [-0.4, -0.2) is 11.3 Å². The Labute approximate surface area is 53.4 Å². The molecule has 0 aliphatic carbocycles. The Morgan fingerprint density at radius 3 is 2.88 bits per heavy atom. The van der Waals surface area contributed by atoms with E-state index in [1.807, 2.05) is 0 Å². The maximum absolute atomic E-state index is 10.1. The molecule has 0 saturated heterocycles. The molecule has 4 heteroatoms. The van der Waals surface area contributed by atoms with Gasteiger partial charge in [-0.15, -0.1) is 12.6 Å². The molecule has 0 unspecified atom stereocenters. The highest BCUT2D eigenvalue weighted by atomic mass is 32.1. The van der Waals surface area contributed by atoms with Gasteiger partial charge in [-0.05, 0) is 6.42 Å². The van der Waals surface area contributed by atoms with Crippen LogP contribution in [0, 0.1) is 0 Å². The molecule has 0 aromatic carbocycles. The third-order valence-electron chi connectivity index (χ3n) is 0.593. The fourth-order valence-corrected chi connectivity index (χ4v) is 0.392. The molecule has 2 N–H and O–H groups in total. The summed E-state index contributed by atoms with van der Waals surface area (Å²) in [4.78, 5) is 10.1. The minimum atomic E-state index is -0.134. The van der Waals surface area contributed by atoms with Crippen molar-refractivity contribution in [3.05, 3.63) is 0 Å². The van der Waals surface area contributed by atoms with Crippen molar-refractivity contribution in [2.24, 2.45) is 10.9 Å². The fourth-order valence-electron chi connectivity index (χ4n) is 0.263. The standard InChI is InChI=1S/C4H8N2OS/c5-6-3-1-2-4(7)8/h3H,1-2,5H2,(H,7,8). The Balaban J connectivity index is 3.05. The van der Waals surface area contributed by atoms with Crippen molar-refractivity contribution in [2.45, 2.75) is 12.8 Å². The normalized spacial score (nSPS) is 10.1. The number of nitrogens with two attached hydrogens (primary N) is 1. The molecular weight excluding hydrogens is 124 g/mol. The van der Waals surface area contributed by atoms with Gasteiger partial charge in [0, 0.05) is 12.6 Å². The van der Waals surface area contributed by atoms with Gasteiger partial charge in [0.15, 0.2) is 5.12 Å². The van der Waals surface area contributed by atoms with E-state index in [0.29, 0.717) is 12.8 Å². The number of nitrogens with zero attached hydrogens (tertiary/aromatic N) is 1. The topological polar surface area (TPSA) is 55.4 Å². The number of carbonyl (C=O) groups is 1. The van der Waals surface area contributed by atoms with Crippen LogP contribution in [0.25, 0.3) is 0 Å². The molecule has 0 aromatic heterocycles. The monoisotopic (exact) mass is 132 g/mol. The first kappa shape index (κ1) is 7.49. The summed E-state index contributed by atoms with van der Waals surface area (Å²) in [7, 11) is 0. The largest absolute Gasteiger partial charge is 0.324 e. The summed E-state index contributed by atoms with van der Waals surface area (Å²) in [6, 6.07) is 0. The Bertz CT molecular complexity index is 102. The molecule has 0 amide bonds. The van der Waals surface area contributed by atoms with Crippen LogP contribution >= 0.6 is 12.6 Å². The van der Waals surface area contributed by atoms with Crippen molar-refractivity contribution in [1.29, 1.82) is 0 Å². The molecule has 0 radical (unpaired) electrons. The molecule has 0 saturated carbocycles. The Hall–Kier alpha value is -0.510. The molecule has 8 heavy (non-hydrogen) atoms. The van der Waals surface area contributed by atoms with Crippen LogP contribution in [0.5, 0.6) is 0 Å². The number of hydrazone groups is 1. The van der Waals surface area contributed by atoms with Crippen LogP contribution < -0.4 is 5.84 Å². The van der Waals surface area contributed by atoms with Gasteiger partial charge >= 0.3 is 0 Å². The molecule has 0 aromatic rings. The number of thiol groups is 1. The van der Waals surface area contributed by atoms with Crippen molar-refractivity contribution >= 4 is 24.0 Å². The van der Waals surface area contributed by atoms with Crippen molar-refractivity contribution in [3.8, 4) is 0 Å². The van der Waals surface area contributed by atoms with Crippen LogP contribution in [0.2, 0.25) is 0 Å². The molecule has 0 bridgehead atoms. The maximum Gasteiger partial charge on any atom is 0.186 e.